The molecule has 1 N–H and O–H groups in total. The number of aromatic nitrogens is 2. The SMILES string of the molecule is CC[C@@H](C)C(=N)CCc1nc(-c2ccc(-c3ccc(S(=O)(=O)CC)nc3)cc2)oc1C.Cl.Cl. The molecule has 6 nitrogen and oxygen atoms in total. The number of oxazole rings is 1. The summed E-state index contributed by atoms with van der Waals surface area (Å²) in [5, 5.41) is 8.25. The summed E-state index contributed by atoms with van der Waals surface area (Å²) in [5.74, 6) is 1.68. The number of pyridine rings is 1. The normalized spacial score (nSPS) is 11.9. The third kappa shape index (κ3) is 6.88. The molecule has 0 spiro atoms. The van der Waals surface area contributed by atoms with Gasteiger partial charge in [-0.05, 0) is 61.9 Å². The second-order valence-electron chi connectivity index (χ2n) is 7.72. The van der Waals surface area contributed by atoms with Crippen LogP contribution in [-0.2, 0) is 16.3 Å². The molecule has 0 unspecified atom stereocenters. The first-order chi connectivity index (χ1) is 14.7. The van der Waals surface area contributed by atoms with Crippen molar-refractivity contribution in [2.24, 2.45) is 5.92 Å². The van der Waals surface area contributed by atoms with Gasteiger partial charge in [-0.15, -0.1) is 24.8 Å². The topological polar surface area (TPSA) is 96.9 Å². The van der Waals surface area contributed by atoms with E-state index in [0.717, 1.165) is 40.3 Å². The molecule has 180 valence electrons. The van der Waals surface area contributed by atoms with Crippen molar-refractivity contribution >= 4 is 40.4 Å². The van der Waals surface area contributed by atoms with Crippen LogP contribution in [0.4, 0.5) is 0 Å². The molecule has 0 saturated carbocycles. The fraction of sp³-hybridized carbons (Fsp3) is 0.375. The lowest BCUT2D eigenvalue weighted by atomic mass is 9.98. The lowest BCUT2D eigenvalue weighted by molar-refractivity contribution is 0.539. The second-order valence-corrected chi connectivity index (χ2v) is 9.95. The van der Waals surface area contributed by atoms with Crippen LogP contribution in [0.1, 0.15) is 45.1 Å². The van der Waals surface area contributed by atoms with E-state index in [2.05, 4.69) is 23.8 Å². The molecule has 3 rings (SSSR count). The van der Waals surface area contributed by atoms with Crippen molar-refractivity contribution in [1.29, 1.82) is 5.41 Å². The van der Waals surface area contributed by atoms with Crippen LogP contribution in [0.5, 0.6) is 0 Å². The molecular weight excluding hydrogens is 481 g/mol. The molecule has 3 aromatic rings. The molecule has 0 fully saturated rings. The Labute approximate surface area is 208 Å². The van der Waals surface area contributed by atoms with Crippen LogP contribution < -0.4 is 0 Å². The molecule has 0 radical (unpaired) electrons. The largest absolute Gasteiger partial charge is 0.441 e. The minimum absolute atomic E-state index is 0. The first-order valence-electron chi connectivity index (χ1n) is 10.6. The first kappa shape index (κ1) is 28.8. The number of halogens is 2. The van der Waals surface area contributed by atoms with E-state index in [1.54, 1.807) is 25.3 Å². The maximum Gasteiger partial charge on any atom is 0.226 e. The Morgan fingerprint density at radius 1 is 1.03 bits per heavy atom. The number of aryl methyl sites for hydroxylation is 2. The minimum Gasteiger partial charge on any atom is -0.441 e. The smallest absolute Gasteiger partial charge is 0.226 e. The van der Waals surface area contributed by atoms with Crippen LogP contribution in [0.2, 0.25) is 0 Å². The van der Waals surface area contributed by atoms with Gasteiger partial charge < -0.3 is 9.83 Å². The van der Waals surface area contributed by atoms with Gasteiger partial charge in [-0.3, -0.25) is 0 Å². The van der Waals surface area contributed by atoms with Crippen molar-refractivity contribution in [3.8, 4) is 22.6 Å². The molecule has 2 aromatic heterocycles. The molecule has 0 aliphatic carbocycles. The maximum absolute atomic E-state index is 11.9. The Hall–Kier alpha value is -2.22. The summed E-state index contributed by atoms with van der Waals surface area (Å²) in [7, 11) is -3.30. The van der Waals surface area contributed by atoms with Gasteiger partial charge in [0.25, 0.3) is 0 Å². The molecule has 9 heteroatoms. The summed E-state index contributed by atoms with van der Waals surface area (Å²) in [6.07, 6.45) is 3.95. The van der Waals surface area contributed by atoms with Gasteiger partial charge in [-0.1, -0.05) is 32.9 Å². The second kappa shape index (κ2) is 12.3. The monoisotopic (exact) mass is 511 g/mol. The van der Waals surface area contributed by atoms with Gasteiger partial charge in [0, 0.05) is 23.0 Å². The molecule has 0 bridgehead atoms. The highest BCUT2D eigenvalue weighted by atomic mass is 35.5. The van der Waals surface area contributed by atoms with E-state index in [4.69, 9.17) is 9.83 Å². The van der Waals surface area contributed by atoms with Crippen LogP contribution >= 0.6 is 24.8 Å². The maximum atomic E-state index is 11.9. The fourth-order valence-electron chi connectivity index (χ4n) is 3.22. The van der Waals surface area contributed by atoms with Gasteiger partial charge in [-0.25, -0.2) is 18.4 Å². The molecule has 33 heavy (non-hydrogen) atoms. The van der Waals surface area contributed by atoms with E-state index in [0.29, 0.717) is 24.7 Å². The number of nitrogens with zero attached hydrogens (tertiary/aromatic N) is 2. The van der Waals surface area contributed by atoms with E-state index in [1.165, 1.54) is 0 Å². The highest BCUT2D eigenvalue weighted by Gasteiger charge is 2.15. The van der Waals surface area contributed by atoms with Crippen molar-refractivity contribution in [1.82, 2.24) is 9.97 Å². The number of hydrogen-bond donors (Lipinski definition) is 1. The summed E-state index contributed by atoms with van der Waals surface area (Å²) in [6, 6.07) is 11.1. The van der Waals surface area contributed by atoms with Crippen molar-refractivity contribution in [3.63, 3.8) is 0 Å². The Morgan fingerprint density at radius 3 is 2.18 bits per heavy atom. The summed E-state index contributed by atoms with van der Waals surface area (Å²) >= 11 is 0. The van der Waals surface area contributed by atoms with Crippen molar-refractivity contribution in [3.05, 3.63) is 54.0 Å². The third-order valence-corrected chi connectivity index (χ3v) is 7.27. The van der Waals surface area contributed by atoms with Gasteiger partial charge in [-0.2, -0.15) is 0 Å². The number of nitrogens with one attached hydrogen (secondary N) is 1. The average molecular weight is 513 g/mol. The quantitative estimate of drug-likeness (QED) is 0.337. The minimum atomic E-state index is -3.30. The van der Waals surface area contributed by atoms with E-state index in [-0.39, 0.29) is 35.6 Å². The van der Waals surface area contributed by atoms with Crippen molar-refractivity contribution in [2.45, 2.75) is 52.0 Å². The van der Waals surface area contributed by atoms with Crippen LogP contribution in [0, 0.1) is 18.3 Å². The Bertz CT molecular complexity index is 1160. The van der Waals surface area contributed by atoms with E-state index < -0.39 is 9.84 Å². The van der Waals surface area contributed by atoms with E-state index >= 15 is 0 Å². The predicted molar refractivity (Wildman–Crippen MR) is 138 cm³/mol. The summed E-state index contributed by atoms with van der Waals surface area (Å²) < 4.78 is 29.7. The highest BCUT2D eigenvalue weighted by Crippen LogP contribution is 2.27. The van der Waals surface area contributed by atoms with Crippen LogP contribution in [0.25, 0.3) is 22.6 Å². The molecular formula is C24H31Cl2N3O3S. The highest BCUT2D eigenvalue weighted by molar-refractivity contribution is 7.91. The van der Waals surface area contributed by atoms with E-state index in [1.807, 2.05) is 31.2 Å². The lowest BCUT2D eigenvalue weighted by Gasteiger charge is -2.09. The zero-order chi connectivity index (χ0) is 22.6. The molecule has 1 aromatic carbocycles. The number of rotatable bonds is 9. The molecule has 2 heterocycles. The molecule has 0 amide bonds. The van der Waals surface area contributed by atoms with Crippen LogP contribution in [0.15, 0.2) is 52.0 Å². The summed E-state index contributed by atoms with van der Waals surface area (Å²) in [5.41, 5.74) is 4.29. The standard InChI is InChI=1S/C24H29N3O3S.2ClH/c1-5-16(3)21(25)12-13-22-17(4)30-24(27-22)19-9-7-18(8-10-19)20-11-14-23(26-15-20)31(28,29)6-2;;/h7-11,14-16,25H,5-6,12-13H2,1-4H3;2*1H/t16-;;/m1../s1. The first-order valence-corrected chi connectivity index (χ1v) is 12.2. The molecule has 1 atom stereocenters. The van der Waals surface area contributed by atoms with Crippen LogP contribution in [-0.4, -0.2) is 29.9 Å². The van der Waals surface area contributed by atoms with Gasteiger partial charge >= 0.3 is 0 Å². The summed E-state index contributed by atoms with van der Waals surface area (Å²) in [4.78, 5) is 8.76. The molecule has 0 saturated heterocycles. The molecule has 0 aliphatic heterocycles. The summed E-state index contributed by atoms with van der Waals surface area (Å²) in [6.45, 7) is 7.69. The fourth-order valence-corrected chi connectivity index (χ4v) is 4.00. The zero-order valence-electron chi connectivity index (χ0n) is 19.3. The average Bonchev–Trinajstić information content (AvgIpc) is 3.17. The molecule has 0 aliphatic rings. The van der Waals surface area contributed by atoms with Crippen molar-refractivity contribution in [2.75, 3.05) is 5.75 Å². The Morgan fingerprint density at radius 2 is 1.64 bits per heavy atom. The van der Waals surface area contributed by atoms with Gasteiger partial charge in [0.15, 0.2) is 14.9 Å². The van der Waals surface area contributed by atoms with E-state index in [9.17, 15) is 8.42 Å². The van der Waals surface area contributed by atoms with Crippen LogP contribution in [0.3, 0.4) is 0 Å². The number of sulfone groups is 1. The predicted octanol–water partition coefficient (Wildman–Crippen LogP) is 6.35. The number of benzene rings is 1. The third-order valence-electron chi connectivity index (χ3n) is 5.63. The Balaban J connectivity index is 0.00000272. The van der Waals surface area contributed by atoms with Gasteiger partial charge in [0.1, 0.15) is 5.76 Å². The van der Waals surface area contributed by atoms with Crippen molar-refractivity contribution < 1.29 is 12.8 Å². The number of hydrogen-bond acceptors (Lipinski definition) is 6. The van der Waals surface area contributed by atoms with Gasteiger partial charge in [0.05, 0.1) is 11.4 Å². The zero-order valence-corrected chi connectivity index (χ0v) is 21.7. The lowest BCUT2D eigenvalue weighted by Crippen LogP contribution is -2.10. The van der Waals surface area contributed by atoms with Gasteiger partial charge in [0.2, 0.25) is 5.89 Å². The Kier molecular flexibility index (Phi) is 10.7.